The number of benzene rings is 2. The van der Waals surface area contributed by atoms with E-state index in [1.807, 2.05) is 31.2 Å². The first-order valence-corrected chi connectivity index (χ1v) is 8.53. The smallest absolute Gasteiger partial charge is 0.315 e. The zero-order valence-corrected chi connectivity index (χ0v) is 15.2. The Balaban J connectivity index is 1.83. The van der Waals surface area contributed by atoms with Crippen molar-refractivity contribution in [2.75, 3.05) is 6.61 Å². The molecule has 2 amide bonds. The van der Waals surface area contributed by atoms with Crippen LogP contribution in [-0.2, 0) is 6.54 Å². The second kappa shape index (κ2) is 9.36. The van der Waals surface area contributed by atoms with Gasteiger partial charge in [0.25, 0.3) is 6.43 Å². The summed E-state index contributed by atoms with van der Waals surface area (Å²) in [5.74, 6) is 0.350. The van der Waals surface area contributed by atoms with Crippen molar-refractivity contribution in [1.29, 1.82) is 0 Å². The van der Waals surface area contributed by atoms with Crippen LogP contribution in [0.25, 0.3) is 0 Å². The average molecular weight is 413 g/mol. The minimum absolute atomic E-state index is 0.145. The summed E-state index contributed by atoms with van der Waals surface area (Å²) in [5, 5.41) is 5.58. The fourth-order valence-electron chi connectivity index (χ4n) is 2.17. The summed E-state index contributed by atoms with van der Waals surface area (Å²) >= 11 is 3.37. The van der Waals surface area contributed by atoms with E-state index in [0.29, 0.717) is 5.75 Å². The molecule has 0 radical (unpaired) electrons. The Bertz CT molecular complexity index is 696. The lowest BCUT2D eigenvalue weighted by molar-refractivity contribution is 0.0818. The molecule has 2 aromatic carbocycles. The average Bonchev–Trinajstić information content (AvgIpc) is 2.59. The highest BCUT2D eigenvalue weighted by molar-refractivity contribution is 9.10. The molecule has 0 aromatic heterocycles. The number of nitrogens with one attached hydrogen (secondary N) is 2. The standard InChI is InChI=1S/C18H19BrF2N2O2/c1-12(14-5-7-15(19)8-6-14)23-18(24)22-10-13-3-2-4-16(9-13)25-11-17(20)21/h2-9,12,17H,10-11H2,1H3,(H2,22,23,24). The molecule has 0 spiro atoms. The Morgan fingerprint density at radius 3 is 2.60 bits per heavy atom. The van der Waals surface area contributed by atoms with Crippen LogP contribution in [0.15, 0.2) is 53.0 Å². The van der Waals surface area contributed by atoms with Crippen molar-refractivity contribution in [2.24, 2.45) is 0 Å². The van der Waals surface area contributed by atoms with E-state index in [9.17, 15) is 13.6 Å². The Hall–Kier alpha value is -2.15. The zero-order chi connectivity index (χ0) is 18.2. The number of rotatable bonds is 7. The Morgan fingerprint density at radius 2 is 1.92 bits per heavy atom. The van der Waals surface area contributed by atoms with Gasteiger partial charge >= 0.3 is 6.03 Å². The maximum atomic E-state index is 12.2. The second-order valence-corrected chi connectivity index (χ2v) is 6.37. The molecular formula is C18H19BrF2N2O2. The molecule has 0 heterocycles. The van der Waals surface area contributed by atoms with Gasteiger partial charge in [0.2, 0.25) is 0 Å². The Labute approximate surface area is 153 Å². The summed E-state index contributed by atoms with van der Waals surface area (Å²) in [6.07, 6.45) is -2.52. The molecule has 4 nitrogen and oxygen atoms in total. The second-order valence-electron chi connectivity index (χ2n) is 5.45. The van der Waals surface area contributed by atoms with Crippen LogP contribution in [0.4, 0.5) is 13.6 Å². The van der Waals surface area contributed by atoms with Crippen LogP contribution in [0, 0.1) is 0 Å². The highest BCUT2D eigenvalue weighted by Crippen LogP contribution is 2.17. The normalized spacial score (nSPS) is 11.9. The first kappa shape index (κ1) is 19.2. The van der Waals surface area contributed by atoms with Gasteiger partial charge in [-0.25, -0.2) is 13.6 Å². The molecule has 0 saturated carbocycles. The van der Waals surface area contributed by atoms with Gasteiger partial charge in [0.05, 0.1) is 6.04 Å². The number of hydrogen-bond acceptors (Lipinski definition) is 2. The van der Waals surface area contributed by atoms with E-state index in [1.165, 1.54) is 0 Å². The van der Waals surface area contributed by atoms with Crippen LogP contribution in [0.5, 0.6) is 5.75 Å². The topological polar surface area (TPSA) is 50.4 Å². The van der Waals surface area contributed by atoms with Gasteiger partial charge < -0.3 is 15.4 Å². The molecule has 25 heavy (non-hydrogen) atoms. The van der Waals surface area contributed by atoms with Crippen molar-refractivity contribution < 1.29 is 18.3 Å². The lowest BCUT2D eigenvalue weighted by atomic mass is 10.1. The van der Waals surface area contributed by atoms with Crippen molar-refractivity contribution in [2.45, 2.75) is 25.9 Å². The number of ether oxygens (including phenoxy) is 1. The molecule has 1 atom stereocenters. The van der Waals surface area contributed by atoms with Gasteiger partial charge in [-0.05, 0) is 42.3 Å². The first-order valence-electron chi connectivity index (χ1n) is 7.74. The van der Waals surface area contributed by atoms with Gasteiger partial charge in [0, 0.05) is 11.0 Å². The molecule has 2 rings (SSSR count). The minimum Gasteiger partial charge on any atom is -0.488 e. The molecule has 2 aromatic rings. The van der Waals surface area contributed by atoms with Gasteiger partial charge in [0.15, 0.2) is 0 Å². The van der Waals surface area contributed by atoms with Crippen LogP contribution < -0.4 is 15.4 Å². The predicted molar refractivity (Wildman–Crippen MR) is 95.9 cm³/mol. The summed E-state index contributed by atoms with van der Waals surface area (Å²) in [7, 11) is 0. The van der Waals surface area contributed by atoms with Crippen molar-refractivity contribution >= 4 is 22.0 Å². The number of amides is 2. The third-order valence-electron chi connectivity index (χ3n) is 3.45. The predicted octanol–water partition coefficient (Wildman–Crippen LogP) is 4.65. The number of hydrogen-bond donors (Lipinski definition) is 2. The van der Waals surface area contributed by atoms with E-state index in [-0.39, 0.29) is 18.6 Å². The fraction of sp³-hybridized carbons (Fsp3) is 0.278. The summed E-state index contributed by atoms with van der Waals surface area (Å²) in [6, 6.07) is 13.9. The number of alkyl halides is 2. The van der Waals surface area contributed by atoms with E-state index >= 15 is 0 Å². The highest BCUT2D eigenvalue weighted by atomic mass is 79.9. The molecule has 0 aliphatic rings. The van der Waals surface area contributed by atoms with E-state index in [4.69, 9.17) is 4.74 Å². The summed E-state index contributed by atoms with van der Waals surface area (Å²) in [4.78, 5) is 12.0. The van der Waals surface area contributed by atoms with Crippen molar-refractivity contribution in [3.8, 4) is 5.75 Å². The summed E-state index contributed by atoms with van der Waals surface area (Å²) in [5.41, 5.74) is 1.75. The number of halogens is 3. The van der Waals surface area contributed by atoms with Crippen LogP contribution in [-0.4, -0.2) is 19.1 Å². The molecule has 0 aliphatic carbocycles. The van der Waals surface area contributed by atoms with Gasteiger partial charge in [-0.2, -0.15) is 0 Å². The maximum absolute atomic E-state index is 12.2. The monoisotopic (exact) mass is 412 g/mol. The molecule has 7 heteroatoms. The van der Waals surface area contributed by atoms with Gasteiger partial charge in [-0.15, -0.1) is 0 Å². The molecule has 0 fully saturated rings. The number of carbonyl (C=O) groups is 1. The third kappa shape index (κ3) is 6.70. The van der Waals surface area contributed by atoms with Crippen LogP contribution in [0.2, 0.25) is 0 Å². The van der Waals surface area contributed by atoms with E-state index in [2.05, 4.69) is 26.6 Å². The molecule has 134 valence electrons. The number of urea groups is 1. The van der Waals surface area contributed by atoms with Crippen LogP contribution in [0.3, 0.4) is 0 Å². The van der Waals surface area contributed by atoms with Gasteiger partial charge in [0.1, 0.15) is 12.4 Å². The van der Waals surface area contributed by atoms with Crippen molar-refractivity contribution in [3.63, 3.8) is 0 Å². The molecule has 1 unspecified atom stereocenters. The summed E-state index contributed by atoms with van der Waals surface area (Å²) < 4.78 is 30.3. The SMILES string of the molecule is CC(NC(=O)NCc1cccc(OCC(F)F)c1)c1ccc(Br)cc1. The van der Waals surface area contributed by atoms with E-state index in [1.54, 1.807) is 24.3 Å². The Morgan fingerprint density at radius 1 is 1.20 bits per heavy atom. The lowest BCUT2D eigenvalue weighted by Gasteiger charge is -2.15. The third-order valence-corrected chi connectivity index (χ3v) is 3.97. The lowest BCUT2D eigenvalue weighted by Crippen LogP contribution is -2.36. The van der Waals surface area contributed by atoms with Crippen molar-refractivity contribution in [1.82, 2.24) is 10.6 Å². The van der Waals surface area contributed by atoms with Gasteiger partial charge in [-0.3, -0.25) is 0 Å². The molecule has 0 bridgehead atoms. The molecule has 2 N–H and O–H groups in total. The minimum atomic E-state index is -2.52. The highest BCUT2D eigenvalue weighted by Gasteiger charge is 2.09. The largest absolute Gasteiger partial charge is 0.488 e. The first-order chi connectivity index (χ1) is 11.9. The molecule has 0 saturated heterocycles. The quantitative estimate of drug-likeness (QED) is 0.694. The Kier molecular flexibility index (Phi) is 7.18. The fourth-order valence-corrected chi connectivity index (χ4v) is 2.43. The molecule has 0 aliphatic heterocycles. The van der Waals surface area contributed by atoms with E-state index < -0.39 is 13.0 Å². The van der Waals surface area contributed by atoms with E-state index in [0.717, 1.165) is 15.6 Å². The molecular weight excluding hydrogens is 394 g/mol. The van der Waals surface area contributed by atoms with Crippen molar-refractivity contribution in [3.05, 3.63) is 64.1 Å². The maximum Gasteiger partial charge on any atom is 0.315 e. The zero-order valence-electron chi connectivity index (χ0n) is 13.6. The van der Waals surface area contributed by atoms with Crippen LogP contribution in [0.1, 0.15) is 24.1 Å². The van der Waals surface area contributed by atoms with Gasteiger partial charge in [-0.1, -0.05) is 40.2 Å². The number of carbonyl (C=O) groups excluding carboxylic acids is 1. The van der Waals surface area contributed by atoms with Crippen LogP contribution >= 0.6 is 15.9 Å². The summed E-state index contributed by atoms with van der Waals surface area (Å²) in [6.45, 7) is 1.51.